The summed E-state index contributed by atoms with van der Waals surface area (Å²) in [5, 5.41) is 9.71. The molecule has 0 aromatic carbocycles. The largest absolute Gasteiger partial charge is 0.385 e. The third kappa shape index (κ3) is 3.94. The molecule has 6 heteroatoms. The van der Waals surface area contributed by atoms with E-state index in [1.807, 2.05) is 6.07 Å². The van der Waals surface area contributed by atoms with Crippen LogP contribution in [0.15, 0.2) is 12.3 Å². The summed E-state index contributed by atoms with van der Waals surface area (Å²) in [6.45, 7) is 7.45. The zero-order chi connectivity index (χ0) is 18.0. The molecule has 0 bridgehead atoms. The fourth-order valence-electron chi connectivity index (χ4n) is 4.25. The molecule has 0 radical (unpaired) electrons. The van der Waals surface area contributed by atoms with Crippen molar-refractivity contribution in [2.24, 2.45) is 5.92 Å². The lowest BCUT2D eigenvalue weighted by atomic mass is 9.87. The van der Waals surface area contributed by atoms with Crippen LogP contribution < -0.4 is 4.90 Å². The molecule has 2 aliphatic rings. The molecule has 6 nitrogen and oxygen atoms in total. The number of anilines is 1. The van der Waals surface area contributed by atoms with E-state index in [1.165, 1.54) is 19.3 Å². The van der Waals surface area contributed by atoms with Crippen LogP contribution >= 0.6 is 0 Å². The van der Waals surface area contributed by atoms with E-state index >= 15 is 0 Å². The molecule has 1 aliphatic carbocycles. The first-order chi connectivity index (χ1) is 12.0. The van der Waals surface area contributed by atoms with Crippen molar-refractivity contribution in [3.05, 3.63) is 18.1 Å². The Morgan fingerprint density at radius 3 is 2.44 bits per heavy atom. The van der Waals surface area contributed by atoms with E-state index in [1.54, 1.807) is 13.1 Å². The molecule has 0 spiro atoms. The minimum Gasteiger partial charge on any atom is -0.385 e. The summed E-state index contributed by atoms with van der Waals surface area (Å²) in [6, 6.07) is 2.19. The summed E-state index contributed by atoms with van der Waals surface area (Å²) in [5.74, 6) is 1.82. The van der Waals surface area contributed by atoms with E-state index < -0.39 is 6.10 Å². The average molecular weight is 346 g/mol. The highest BCUT2D eigenvalue weighted by Crippen LogP contribution is 2.29. The molecule has 138 valence electrons. The normalized spacial score (nSPS) is 26.6. The molecule has 3 atom stereocenters. The number of hydrogen-bond acceptors (Lipinski definition) is 5. The van der Waals surface area contributed by atoms with Crippen molar-refractivity contribution in [2.75, 3.05) is 18.0 Å². The summed E-state index contributed by atoms with van der Waals surface area (Å²) < 4.78 is 0. The van der Waals surface area contributed by atoms with Crippen LogP contribution in [-0.4, -0.2) is 51.1 Å². The van der Waals surface area contributed by atoms with Crippen molar-refractivity contribution < 1.29 is 9.90 Å². The van der Waals surface area contributed by atoms with E-state index in [4.69, 9.17) is 0 Å². The Kier molecular flexibility index (Phi) is 5.57. The van der Waals surface area contributed by atoms with Gasteiger partial charge in [0.1, 0.15) is 11.9 Å². The topological polar surface area (TPSA) is 69.6 Å². The zero-order valence-electron chi connectivity index (χ0n) is 15.6. The van der Waals surface area contributed by atoms with Gasteiger partial charge in [-0.1, -0.05) is 19.3 Å². The number of carbonyl (C=O) groups excluding carboxylic acids is 1. The molecule has 3 rings (SSSR count). The van der Waals surface area contributed by atoms with E-state index in [0.717, 1.165) is 31.7 Å². The predicted octanol–water partition coefficient (Wildman–Crippen LogP) is 2.54. The third-order valence-electron chi connectivity index (χ3n) is 5.49. The molecular formula is C19H30N4O2. The Morgan fingerprint density at radius 1 is 1.20 bits per heavy atom. The van der Waals surface area contributed by atoms with Crippen LogP contribution in [0.25, 0.3) is 0 Å². The van der Waals surface area contributed by atoms with Gasteiger partial charge in [0.2, 0.25) is 5.91 Å². The van der Waals surface area contributed by atoms with Gasteiger partial charge in [-0.05, 0) is 39.7 Å². The molecule has 2 fully saturated rings. The van der Waals surface area contributed by atoms with Crippen LogP contribution in [0.5, 0.6) is 0 Å². The lowest BCUT2D eigenvalue weighted by molar-refractivity contribution is -0.141. The van der Waals surface area contributed by atoms with Crippen molar-refractivity contribution in [3.63, 3.8) is 0 Å². The summed E-state index contributed by atoms with van der Waals surface area (Å²) in [6.07, 6.45) is 6.74. The van der Waals surface area contributed by atoms with Gasteiger partial charge in [-0.25, -0.2) is 9.97 Å². The molecule has 1 saturated heterocycles. The van der Waals surface area contributed by atoms with Crippen LogP contribution in [0, 0.1) is 5.92 Å². The van der Waals surface area contributed by atoms with E-state index in [2.05, 4.69) is 33.6 Å². The Labute approximate surface area is 150 Å². The lowest BCUT2D eigenvalue weighted by Crippen LogP contribution is -2.60. The van der Waals surface area contributed by atoms with Crippen molar-refractivity contribution >= 4 is 11.7 Å². The molecular weight excluding hydrogens is 316 g/mol. The van der Waals surface area contributed by atoms with Crippen LogP contribution in [0.2, 0.25) is 0 Å². The molecule has 1 amide bonds. The Bertz CT molecular complexity index is 589. The Balaban J connectivity index is 1.71. The standard InChI is InChI=1S/C19H30N4O2/c1-13-11-22(17-9-10-20-18(21-17)15(3)24)12-14(2)23(13)19(25)16-7-5-4-6-8-16/h9-10,13-16,24H,4-8,11-12H2,1-3H3/t13-,14+,15-/m1/s1. The molecule has 0 unspecified atom stereocenters. The van der Waals surface area contributed by atoms with Gasteiger partial charge in [0, 0.05) is 37.3 Å². The second kappa shape index (κ2) is 7.68. The van der Waals surface area contributed by atoms with Crippen molar-refractivity contribution in [1.29, 1.82) is 0 Å². The van der Waals surface area contributed by atoms with Gasteiger partial charge in [-0.15, -0.1) is 0 Å². The number of carbonyl (C=O) groups is 1. The first-order valence-corrected chi connectivity index (χ1v) is 9.55. The van der Waals surface area contributed by atoms with Crippen LogP contribution in [0.1, 0.15) is 64.8 Å². The predicted molar refractivity (Wildman–Crippen MR) is 97.2 cm³/mol. The van der Waals surface area contributed by atoms with Gasteiger partial charge in [0.05, 0.1) is 0 Å². The summed E-state index contributed by atoms with van der Waals surface area (Å²) >= 11 is 0. The number of piperazine rings is 1. The fraction of sp³-hybridized carbons (Fsp3) is 0.737. The maximum Gasteiger partial charge on any atom is 0.226 e. The molecule has 1 aromatic rings. The van der Waals surface area contributed by atoms with E-state index in [-0.39, 0.29) is 18.0 Å². The van der Waals surface area contributed by atoms with Gasteiger partial charge in [-0.3, -0.25) is 4.79 Å². The molecule has 2 heterocycles. The van der Waals surface area contributed by atoms with E-state index in [0.29, 0.717) is 11.7 Å². The van der Waals surface area contributed by atoms with Crippen molar-refractivity contribution in [3.8, 4) is 0 Å². The third-order valence-corrected chi connectivity index (χ3v) is 5.49. The maximum atomic E-state index is 13.0. The van der Waals surface area contributed by atoms with Gasteiger partial charge >= 0.3 is 0 Å². The highest BCUT2D eigenvalue weighted by Gasteiger charge is 2.36. The van der Waals surface area contributed by atoms with Crippen molar-refractivity contribution in [2.45, 2.75) is 71.1 Å². The maximum absolute atomic E-state index is 13.0. The molecule has 1 aromatic heterocycles. The SMILES string of the molecule is C[C@@H]1CN(c2ccnc([C@@H](C)O)n2)C[C@H](C)N1C(=O)C1CCCCC1. The first kappa shape index (κ1) is 18.1. The van der Waals surface area contributed by atoms with Crippen LogP contribution in [0.3, 0.4) is 0 Å². The number of aliphatic hydroxyl groups excluding tert-OH is 1. The fourth-order valence-corrected chi connectivity index (χ4v) is 4.25. The van der Waals surface area contributed by atoms with Crippen LogP contribution in [-0.2, 0) is 4.79 Å². The number of nitrogens with zero attached hydrogens (tertiary/aromatic N) is 4. The smallest absolute Gasteiger partial charge is 0.226 e. The monoisotopic (exact) mass is 346 g/mol. The van der Waals surface area contributed by atoms with Crippen molar-refractivity contribution in [1.82, 2.24) is 14.9 Å². The first-order valence-electron chi connectivity index (χ1n) is 9.55. The van der Waals surface area contributed by atoms with Gasteiger partial charge in [0.25, 0.3) is 0 Å². The van der Waals surface area contributed by atoms with Gasteiger partial charge in [-0.2, -0.15) is 0 Å². The second-order valence-electron chi connectivity index (χ2n) is 7.63. The summed E-state index contributed by atoms with van der Waals surface area (Å²) in [5.41, 5.74) is 0. The van der Waals surface area contributed by atoms with E-state index in [9.17, 15) is 9.90 Å². The second-order valence-corrected chi connectivity index (χ2v) is 7.63. The van der Waals surface area contributed by atoms with Gasteiger partial charge < -0.3 is 14.9 Å². The highest BCUT2D eigenvalue weighted by atomic mass is 16.3. The van der Waals surface area contributed by atoms with Gasteiger partial charge in [0.15, 0.2) is 5.82 Å². The molecule has 25 heavy (non-hydrogen) atoms. The average Bonchev–Trinajstić information content (AvgIpc) is 2.61. The number of aromatic nitrogens is 2. The number of hydrogen-bond donors (Lipinski definition) is 1. The lowest BCUT2D eigenvalue weighted by Gasteiger charge is -2.46. The highest BCUT2D eigenvalue weighted by molar-refractivity contribution is 5.80. The Hall–Kier alpha value is -1.69. The molecule has 1 N–H and O–H groups in total. The Morgan fingerprint density at radius 2 is 1.84 bits per heavy atom. The summed E-state index contributed by atoms with van der Waals surface area (Å²) in [4.78, 5) is 25.9. The number of rotatable bonds is 3. The molecule has 1 aliphatic heterocycles. The zero-order valence-corrected chi connectivity index (χ0v) is 15.6. The summed E-state index contributed by atoms with van der Waals surface area (Å²) in [7, 11) is 0. The van der Waals surface area contributed by atoms with Crippen LogP contribution in [0.4, 0.5) is 5.82 Å². The quantitative estimate of drug-likeness (QED) is 0.911. The number of aliphatic hydroxyl groups is 1. The minimum absolute atomic E-state index is 0.156. The number of amides is 1. The minimum atomic E-state index is -0.677. The molecule has 1 saturated carbocycles.